The van der Waals surface area contributed by atoms with Crippen LogP contribution in [0.15, 0.2) is 24.3 Å². The molecule has 1 aromatic carbocycles. The molecule has 21 heavy (non-hydrogen) atoms. The van der Waals surface area contributed by atoms with Gasteiger partial charge in [-0.3, -0.25) is 9.45 Å². The normalized spacial score (nSPS) is 16.3. The highest BCUT2D eigenvalue weighted by molar-refractivity contribution is 7.85. The van der Waals surface area contributed by atoms with Crippen LogP contribution < -0.4 is 0 Å². The Bertz CT molecular complexity index is 629. The van der Waals surface area contributed by atoms with Gasteiger partial charge in [0.25, 0.3) is 10.1 Å². The molecule has 0 saturated heterocycles. The molecule has 0 aliphatic heterocycles. The molecule has 0 saturated carbocycles. The lowest BCUT2D eigenvalue weighted by atomic mass is 10.1. The van der Waals surface area contributed by atoms with Gasteiger partial charge in [-0.25, -0.2) is 0 Å². The van der Waals surface area contributed by atoms with E-state index in [9.17, 15) is 8.42 Å². The highest BCUT2D eigenvalue weighted by atomic mass is 32.2. The zero-order valence-corrected chi connectivity index (χ0v) is 12.8. The molecule has 5 heteroatoms. The number of hydrogen-bond acceptors (Lipinski definition) is 3. The predicted molar refractivity (Wildman–Crippen MR) is 84.2 cm³/mol. The van der Waals surface area contributed by atoms with Gasteiger partial charge < -0.3 is 0 Å². The summed E-state index contributed by atoms with van der Waals surface area (Å²) in [5, 5.41) is 0. The summed E-state index contributed by atoms with van der Waals surface area (Å²) in [6.07, 6.45) is 13.7. The zero-order chi connectivity index (χ0) is 15.9. The van der Waals surface area contributed by atoms with Crippen LogP contribution in [0.4, 0.5) is 0 Å². The molecule has 0 heterocycles. The first-order valence-electron chi connectivity index (χ1n) is 6.48. The summed E-state index contributed by atoms with van der Waals surface area (Å²) in [4.78, 5) is 2.20. The van der Waals surface area contributed by atoms with Crippen molar-refractivity contribution >= 4 is 10.1 Å². The van der Waals surface area contributed by atoms with Crippen molar-refractivity contribution in [2.24, 2.45) is 0 Å². The van der Waals surface area contributed by atoms with Crippen molar-refractivity contribution in [3.05, 3.63) is 35.4 Å². The Morgan fingerprint density at radius 2 is 1.81 bits per heavy atom. The van der Waals surface area contributed by atoms with Crippen molar-refractivity contribution in [2.75, 3.05) is 19.3 Å². The Labute approximate surface area is 126 Å². The van der Waals surface area contributed by atoms with Crippen molar-refractivity contribution < 1.29 is 13.0 Å². The van der Waals surface area contributed by atoms with Gasteiger partial charge in [0.1, 0.15) is 0 Å². The number of terminal acetylenes is 2. The van der Waals surface area contributed by atoms with E-state index in [2.05, 4.69) is 41.0 Å². The first-order valence-corrected chi connectivity index (χ1v) is 8.33. The van der Waals surface area contributed by atoms with E-state index in [1.165, 1.54) is 11.1 Å². The maximum Gasteiger partial charge on any atom is 0.261 e. The number of benzene rings is 1. The molecule has 0 bridgehead atoms. The van der Waals surface area contributed by atoms with E-state index in [0.29, 0.717) is 25.4 Å². The van der Waals surface area contributed by atoms with Crippen LogP contribution in [0.5, 0.6) is 0 Å². The number of hydrogen-bond donors (Lipinski definition) is 1. The van der Waals surface area contributed by atoms with Gasteiger partial charge in [-0.15, -0.1) is 12.8 Å². The molecular formula is C16H19NO3S. The van der Waals surface area contributed by atoms with Gasteiger partial charge in [-0.1, -0.05) is 36.1 Å². The Kier molecular flexibility index (Phi) is 6.45. The number of aryl methyl sites for hydroxylation is 1. The standard InChI is InChI=1S/C15H15N.CH4O3S/c1-3-11-16(12-4-2)15-10-9-13-7-5-6-8-14(13)15;1-5(2,3)4/h1-2,5-8,15H,9-12H2;1H3,(H,2,3,4)/t15-;/m1./s1. The van der Waals surface area contributed by atoms with Gasteiger partial charge in [0.15, 0.2) is 0 Å². The van der Waals surface area contributed by atoms with E-state index in [0.717, 1.165) is 12.8 Å². The van der Waals surface area contributed by atoms with Gasteiger partial charge >= 0.3 is 0 Å². The smallest absolute Gasteiger partial charge is 0.261 e. The molecule has 2 rings (SSSR count). The van der Waals surface area contributed by atoms with Crippen molar-refractivity contribution in [3.8, 4) is 24.7 Å². The lowest BCUT2D eigenvalue weighted by Gasteiger charge is -2.25. The molecule has 1 aliphatic rings. The molecule has 1 aliphatic carbocycles. The molecular weight excluding hydrogens is 286 g/mol. The van der Waals surface area contributed by atoms with E-state index >= 15 is 0 Å². The second-order valence-electron chi connectivity index (χ2n) is 4.80. The summed E-state index contributed by atoms with van der Waals surface area (Å²) < 4.78 is 25.9. The van der Waals surface area contributed by atoms with Crippen molar-refractivity contribution in [1.82, 2.24) is 4.90 Å². The van der Waals surface area contributed by atoms with Crippen LogP contribution in [0.3, 0.4) is 0 Å². The van der Waals surface area contributed by atoms with E-state index in [4.69, 9.17) is 17.4 Å². The predicted octanol–water partition coefficient (Wildman–Crippen LogP) is 1.75. The molecule has 1 aromatic rings. The lowest BCUT2D eigenvalue weighted by Crippen LogP contribution is -2.28. The van der Waals surface area contributed by atoms with Crippen LogP contribution >= 0.6 is 0 Å². The Morgan fingerprint density at radius 3 is 2.33 bits per heavy atom. The van der Waals surface area contributed by atoms with Crippen LogP contribution in [-0.4, -0.2) is 37.2 Å². The third-order valence-corrected chi connectivity index (χ3v) is 3.13. The minimum Gasteiger partial charge on any atom is -0.286 e. The maximum absolute atomic E-state index is 9.19. The maximum atomic E-state index is 9.19. The van der Waals surface area contributed by atoms with Gasteiger partial charge in [0.05, 0.1) is 19.3 Å². The number of fused-ring (bicyclic) bond motifs is 1. The first kappa shape index (κ1) is 17.3. The molecule has 0 amide bonds. The van der Waals surface area contributed by atoms with E-state index in [1.54, 1.807) is 0 Å². The molecule has 0 spiro atoms. The lowest BCUT2D eigenvalue weighted by molar-refractivity contribution is 0.250. The summed E-state index contributed by atoms with van der Waals surface area (Å²) in [5.74, 6) is 5.38. The number of rotatable bonds is 3. The van der Waals surface area contributed by atoms with Crippen LogP contribution in [0, 0.1) is 24.7 Å². The fourth-order valence-electron chi connectivity index (χ4n) is 2.42. The molecule has 0 fully saturated rings. The van der Waals surface area contributed by atoms with Crippen LogP contribution in [0.2, 0.25) is 0 Å². The number of nitrogens with zero attached hydrogens (tertiary/aromatic N) is 1. The highest BCUT2D eigenvalue weighted by Crippen LogP contribution is 2.35. The Morgan fingerprint density at radius 1 is 1.29 bits per heavy atom. The van der Waals surface area contributed by atoms with Crippen LogP contribution in [0.1, 0.15) is 23.6 Å². The van der Waals surface area contributed by atoms with Crippen LogP contribution in [0.25, 0.3) is 0 Å². The van der Waals surface area contributed by atoms with Crippen molar-refractivity contribution in [2.45, 2.75) is 18.9 Å². The quantitative estimate of drug-likeness (QED) is 0.683. The molecule has 0 unspecified atom stereocenters. The zero-order valence-electron chi connectivity index (χ0n) is 12.0. The average molecular weight is 305 g/mol. The largest absolute Gasteiger partial charge is 0.286 e. The van der Waals surface area contributed by atoms with Crippen molar-refractivity contribution in [3.63, 3.8) is 0 Å². The first-order chi connectivity index (χ1) is 9.86. The van der Waals surface area contributed by atoms with Gasteiger partial charge in [0, 0.05) is 6.04 Å². The average Bonchev–Trinajstić information content (AvgIpc) is 2.80. The second-order valence-corrected chi connectivity index (χ2v) is 6.27. The topological polar surface area (TPSA) is 57.6 Å². The molecule has 0 radical (unpaired) electrons. The second kappa shape index (κ2) is 7.85. The molecule has 1 N–H and O–H groups in total. The summed E-state index contributed by atoms with van der Waals surface area (Å²) in [7, 11) is -3.67. The Hall–Kier alpha value is -1.79. The summed E-state index contributed by atoms with van der Waals surface area (Å²) in [6.45, 7) is 1.26. The molecule has 112 valence electrons. The van der Waals surface area contributed by atoms with Gasteiger partial charge in [0.2, 0.25) is 0 Å². The minimum atomic E-state index is -3.67. The third-order valence-electron chi connectivity index (χ3n) is 3.13. The van der Waals surface area contributed by atoms with Gasteiger partial charge in [-0.05, 0) is 24.0 Å². The van der Waals surface area contributed by atoms with Crippen molar-refractivity contribution in [1.29, 1.82) is 0 Å². The summed E-state index contributed by atoms with van der Waals surface area (Å²) in [5.41, 5.74) is 2.83. The Balaban J connectivity index is 0.000000383. The summed E-state index contributed by atoms with van der Waals surface area (Å²) in [6, 6.07) is 8.96. The fraction of sp³-hybridized carbons (Fsp3) is 0.375. The van der Waals surface area contributed by atoms with E-state index < -0.39 is 10.1 Å². The van der Waals surface area contributed by atoms with E-state index in [1.807, 2.05) is 0 Å². The van der Waals surface area contributed by atoms with Crippen LogP contribution in [-0.2, 0) is 16.5 Å². The highest BCUT2D eigenvalue weighted by Gasteiger charge is 2.26. The molecule has 0 aromatic heterocycles. The molecule has 1 atom stereocenters. The third kappa shape index (κ3) is 6.01. The minimum absolute atomic E-state index is 0.406. The summed E-state index contributed by atoms with van der Waals surface area (Å²) >= 11 is 0. The molecule has 4 nitrogen and oxygen atoms in total. The SMILES string of the molecule is C#CCN(CC#C)[C@@H]1CCc2ccccc21.CS(=O)(=O)O. The van der Waals surface area contributed by atoms with Gasteiger partial charge in [-0.2, -0.15) is 8.42 Å². The monoisotopic (exact) mass is 305 g/mol. The van der Waals surface area contributed by atoms with E-state index in [-0.39, 0.29) is 0 Å². The fourth-order valence-corrected chi connectivity index (χ4v) is 2.42.